The predicted molar refractivity (Wildman–Crippen MR) is 84.3 cm³/mol. The van der Waals surface area contributed by atoms with Crippen LogP contribution in [0, 0.1) is 5.92 Å². The lowest BCUT2D eigenvalue weighted by atomic mass is 9.75. The van der Waals surface area contributed by atoms with Crippen LogP contribution in [0.4, 0.5) is 0 Å². The van der Waals surface area contributed by atoms with Crippen LogP contribution in [0.25, 0.3) is 0 Å². The Morgan fingerprint density at radius 2 is 1.95 bits per heavy atom. The summed E-state index contributed by atoms with van der Waals surface area (Å²) in [6, 6.07) is 10.7. The predicted octanol–water partition coefficient (Wildman–Crippen LogP) is 4.49. The van der Waals surface area contributed by atoms with Crippen molar-refractivity contribution >= 4 is 5.78 Å². The standard InChI is InChI=1S/C19H26O2/c1-19(2)11-10-17(21-19)13-16-12-15(8-9-18(16)20)14-6-4-3-5-7-14/h3-7,15-17H,8-13H2,1-2H3. The molecule has 0 amide bonds. The van der Waals surface area contributed by atoms with Gasteiger partial charge in [0.1, 0.15) is 5.78 Å². The van der Waals surface area contributed by atoms with Crippen LogP contribution in [0.1, 0.15) is 63.9 Å². The second-order valence-corrected chi connectivity index (χ2v) is 7.32. The minimum Gasteiger partial charge on any atom is -0.372 e. The van der Waals surface area contributed by atoms with E-state index < -0.39 is 0 Å². The fourth-order valence-corrected chi connectivity index (χ4v) is 3.93. The van der Waals surface area contributed by atoms with Gasteiger partial charge in [-0.25, -0.2) is 0 Å². The SMILES string of the molecule is CC1(C)CCC(CC2CC(c3ccccc3)CCC2=O)O1. The van der Waals surface area contributed by atoms with E-state index in [0.717, 1.165) is 38.5 Å². The zero-order chi connectivity index (χ0) is 14.9. The van der Waals surface area contributed by atoms with Crippen molar-refractivity contribution in [2.75, 3.05) is 0 Å². The van der Waals surface area contributed by atoms with Gasteiger partial charge in [0.15, 0.2) is 0 Å². The molecule has 0 spiro atoms. The quantitative estimate of drug-likeness (QED) is 0.818. The van der Waals surface area contributed by atoms with Crippen LogP contribution in [0.2, 0.25) is 0 Å². The molecule has 0 aromatic heterocycles. The van der Waals surface area contributed by atoms with Crippen molar-refractivity contribution in [2.45, 2.75) is 70.0 Å². The summed E-state index contributed by atoms with van der Waals surface area (Å²) >= 11 is 0. The first-order valence-corrected chi connectivity index (χ1v) is 8.29. The summed E-state index contributed by atoms with van der Waals surface area (Å²) in [4.78, 5) is 12.3. The van der Waals surface area contributed by atoms with Gasteiger partial charge < -0.3 is 4.74 Å². The molecule has 1 saturated heterocycles. The lowest BCUT2D eigenvalue weighted by Gasteiger charge is -2.30. The maximum absolute atomic E-state index is 12.3. The van der Waals surface area contributed by atoms with Gasteiger partial charge in [-0.05, 0) is 57.4 Å². The van der Waals surface area contributed by atoms with E-state index in [-0.39, 0.29) is 17.6 Å². The van der Waals surface area contributed by atoms with Gasteiger partial charge in [0.25, 0.3) is 0 Å². The Balaban J connectivity index is 1.63. The van der Waals surface area contributed by atoms with Crippen molar-refractivity contribution < 1.29 is 9.53 Å². The number of rotatable bonds is 3. The second kappa shape index (κ2) is 5.92. The highest BCUT2D eigenvalue weighted by Crippen LogP contribution is 2.39. The van der Waals surface area contributed by atoms with Crippen LogP contribution in [-0.4, -0.2) is 17.5 Å². The Kier molecular flexibility index (Phi) is 4.17. The summed E-state index contributed by atoms with van der Waals surface area (Å²) in [6.45, 7) is 4.31. The molecule has 1 heterocycles. The maximum atomic E-state index is 12.3. The van der Waals surface area contributed by atoms with Crippen LogP contribution in [0.15, 0.2) is 30.3 Å². The molecule has 3 unspecified atom stereocenters. The molecule has 1 aliphatic carbocycles. The first kappa shape index (κ1) is 14.8. The van der Waals surface area contributed by atoms with Gasteiger partial charge in [0.2, 0.25) is 0 Å². The summed E-state index contributed by atoms with van der Waals surface area (Å²) in [5.74, 6) is 1.20. The molecule has 1 aromatic rings. The van der Waals surface area contributed by atoms with Crippen LogP contribution in [0.5, 0.6) is 0 Å². The first-order chi connectivity index (χ1) is 10.0. The Hall–Kier alpha value is -1.15. The number of ether oxygens (including phenoxy) is 1. The topological polar surface area (TPSA) is 26.3 Å². The number of hydrogen-bond donors (Lipinski definition) is 0. The van der Waals surface area contributed by atoms with Gasteiger partial charge >= 0.3 is 0 Å². The van der Waals surface area contributed by atoms with Crippen LogP contribution in [0.3, 0.4) is 0 Å². The monoisotopic (exact) mass is 286 g/mol. The Bertz CT molecular complexity index is 492. The van der Waals surface area contributed by atoms with Gasteiger partial charge in [0, 0.05) is 12.3 Å². The molecule has 0 radical (unpaired) electrons. The smallest absolute Gasteiger partial charge is 0.136 e. The van der Waals surface area contributed by atoms with E-state index in [0.29, 0.717) is 11.7 Å². The van der Waals surface area contributed by atoms with Crippen LogP contribution < -0.4 is 0 Å². The summed E-state index contributed by atoms with van der Waals surface area (Å²) < 4.78 is 6.09. The molecular formula is C19H26O2. The molecule has 1 aliphatic heterocycles. The molecule has 3 atom stereocenters. The number of Topliss-reactive ketones (excluding diaryl/α,β-unsaturated/α-hetero) is 1. The minimum atomic E-state index is 0.00120. The fourth-order valence-electron chi connectivity index (χ4n) is 3.93. The Morgan fingerprint density at radius 1 is 1.19 bits per heavy atom. The maximum Gasteiger partial charge on any atom is 0.136 e. The van der Waals surface area contributed by atoms with Crippen LogP contribution in [-0.2, 0) is 9.53 Å². The largest absolute Gasteiger partial charge is 0.372 e. The van der Waals surface area contributed by atoms with E-state index in [1.807, 2.05) is 0 Å². The number of hydrogen-bond acceptors (Lipinski definition) is 2. The highest BCUT2D eigenvalue weighted by atomic mass is 16.5. The molecule has 2 fully saturated rings. The van der Waals surface area contributed by atoms with Crippen molar-refractivity contribution in [1.29, 1.82) is 0 Å². The molecular weight excluding hydrogens is 260 g/mol. The molecule has 114 valence electrons. The van der Waals surface area contributed by atoms with Crippen LogP contribution >= 0.6 is 0 Å². The zero-order valence-corrected chi connectivity index (χ0v) is 13.2. The molecule has 0 N–H and O–H groups in total. The molecule has 3 rings (SSSR count). The van der Waals surface area contributed by atoms with E-state index >= 15 is 0 Å². The van der Waals surface area contributed by atoms with Gasteiger partial charge in [-0.15, -0.1) is 0 Å². The van der Waals surface area contributed by atoms with E-state index in [9.17, 15) is 4.79 Å². The third-order valence-electron chi connectivity index (χ3n) is 5.14. The summed E-state index contributed by atoms with van der Waals surface area (Å²) in [5.41, 5.74) is 1.39. The molecule has 1 saturated carbocycles. The third-order valence-corrected chi connectivity index (χ3v) is 5.14. The van der Waals surface area contributed by atoms with E-state index in [2.05, 4.69) is 44.2 Å². The average molecular weight is 286 g/mol. The summed E-state index contributed by atoms with van der Waals surface area (Å²) in [5, 5.41) is 0. The lowest BCUT2D eigenvalue weighted by Crippen LogP contribution is -2.28. The highest BCUT2D eigenvalue weighted by Gasteiger charge is 2.36. The zero-order valence-electron chi connectivity index (χ0n) is 13.2. The van der Waals surface area contributed by atoms with Crippen molar-refractivity contribution in [1.82, 2.24) is 0 Å². The van der Waals surface area contributed by atoms with Gasteiger partial charge in [-0.2, -0.15) is 0 Å². The molecule has 2 nitrogen and oxygen atoms in total. The van der Waals surface area contributed by atoms with Crippen molar-refractivity contribution in [2.24, 2.45) is 5.92 Å². The first-order valence-electron chi connectivity index (χ1n) is 8.29. The van der Waals surface area contributed by atoms with Gasteiger partial charge in [0.05, 0.1) is 11.7 Å². The number of benzene rings is 1. The second-order valence-electron chi connectivity index (χ2n) is 7.32. The number of carbonyl (C=O) groups excluding carboxylic acids is 1. The average Bonchev–Trinajstić information content (AvgIpc) is 2.81. The lowest BCUT2D eigenvalue weighted by molar-refractivity contribution is -0.127. The van der Waals surface area contributed by atoms with E-state index in [1.54, 1.807) is 0 Å². The number of carbonyl (C=O) groups is 1. The molecule has 0 bridgehead atoms. The highest BCUT2D eigenvalue weighted by molar-refractivity contribution is 5.82. The normalized spacial score (nSPS) is 32.3. The van der Waals surface area contributed by atoms with E-state index in [4.69, 9.17) is 4.74 Å². The van der Waals surface area contributed by atoms with Crippen molar-refractivity contribution in [3.63, 3.8) is 0 Å². The van der Waals surface area contributed by atoms with E-state index in [1.165, 1.54) is 5.56 Å². The van der Waals surface area contributed by atoms with Gasteiger partial charge in [-0.3, -0.25) is 4.79 Å². The molecule has 2 aliphatic rings. The van der Waals surface area contributed by atoms with Crippen molar-refractivity contribution in [3.8, 4) is 0 Å². The van der Waals surface area contributed by atoms with Gasteiger partial charge in [-0.1, -0.05) is 30.3 Å². The molecule has 21 heavy (non-hydrogen) atoms. The summed E-state index contributed by atoms with van der Waals surface area (Å²) in [7, 11) is 0. The molecule has 2 heteroatoms. The minimum absolute atomic E-state index is 0.00120. The molecule has 1 aromatic carbocycles. The summed E-state index contributed by atoms with van der Waals surface area (Å²) in [6.07, 6.45) is 6.17. The Labute approximate surface area is 127 Å². The van der Waals surface area contributed by atoms with Crippen molar-refractivity contribution in [3.05, 3.63) is 35.9 Å². The number of ketones is 1. The Morgan fingerprint density at radius 3 is 2.62 bits per heavy atom. The fraction of sp³-hybridized carbons (Fsp3) is 0.632. The third kappa shape index (κ3) is 3.55.